The van der Waals surface area contributed by atoms with Gasteiger partial charge in [0.25, 0.3) is 0 Å². The van der Waals surface area contributed by atoms with Crippen molar-refractivity contribution in [3.05, 3.63) is 59.7 Å². The van der Waals surface area contributed by atoms with Gasteiger partial charge in [-0.1, -0.05) is 18.2 Å². The first-order valence-electron chi connectivity index (χ1n) is 9.08. The molecule has 1 N–H and O–H groups in total. The van der Waals surface area contributed by atoms with Crippen LogP contribution in [0, 0.1) is 11.3 Å². The molecule has 0 aliphatic rings. The van der Waals surface area contributed by atoms with E-state index in [9.17, 15) is 18.3 Å². The van der Waals surface area contributed by atoms with Crippen LogP contribution < -0.4 is 4.18 Å². The summed E-state index contributed by atoms with van der Waals surface area (Å²) in [7, 11) is -2.60. The average Bonchev–Trinajstić information content (AvgIpc) is 2.67. The van der Waals surface area contributed by atoms with Crippen molar-refractivity contribution >= 4 is 16.2 Å². The molecule has 2 aromatic carbocycles. The van der Waals surface area contributed by atoms with Crippen LogP contribution in [0.1, 0.15) is 38.0 Å². The minimum absolute atomic E-state index is 0.00559. The molecule has 1 atom stereocenters. The summed E-state index contributed by atoms with van der Waals surface area (Å²) < 4.78 is 35.1. The van der Waals surface area contributed by atoms with Crippen LogP contribution in [0.5, 0.6) is 5.75 Å². The maximum absolute atomic E-state index is 12.4. The lowest BCUT2D eigenvalue weighted by Crippen LogP contribution is -2.36. The van der Waals surface area contributed by atoms with Gasteiger partial charge in [-0.05, 0) is 56.7 Å². The molecule has 2 aromatic rings. The van der Waals surface area contributed by atoms with E-state index in [4.69, 9.17) is 14.2 Å². The first-order chi connectivity index (χ1) is 13.9. The van der Waals surface area contributed by atoms with Crippen molar-refractivity contribution in [1.82, 2.24) is 4.90 Å². The van der Waals surface area contributed by atoms with Crippen molar-refractivity contribution in [3.8, 4) is 11.8 Å². The molecule has 0 aliphatic heterocycles. The van der Waals surface area contributed by atoms with Crippen LogP contribution in [-0.4, -0.2) is 43.7 Å². The fourth-order valence-electron chi connectivity index (χ4n) is 2.42. The molecule has 9 heteroatoms. The van der Waals surface area contributed by atoms with Gasteiger partial charge < -0.3 is 18.9 Å². The maximum atomic E-state index is 12.4. The fraction of sp³-hybridized carbons (Fsp3) is 0.333. The van der Waals surface area contributed by atoms with E-state index in [2.05, 4.69) is 0 Å². The maximum Gasteiger partial charge on any atom is 0.410 e. The highest BCUT2D eigenvalue weighted by molar-refractivity contribution is 7.87. The highest BCUT2D eigenvalue weighted by Gasteiger charge is 2.22. The van der Waals surface area contributed by atoms with Crippen molar-refractivity contribution in [3.63, 3.8) is 0 Å². The SMILES string of the molecule is CN(CC(O)c1ccc(OS(=O)(=O)c2cccc(C#N)c2)cc1)C(=O)OC(C)(C)C. The summed E-state index contributed by atoms with van der Waals surface area (Å²) in [5, 5.41) is 19.3. The fourth-order valence-corrected chi connectivity index (χ4v) is 3.40. The van der Waals surface area contributed by atoms with Gasteiger partial charge in [0.15, 0.2) is 0 Å². The van der Waals surface area contributed by atoms with Crippen molar-refractivity contribution in [1.29, 1.82) is 5.26 Å². The quantitative estimate of drug-likeness (QED) is 0.697. The molecule has 1 unspecified atom stereocenters. The second-order valence-corrected chi connectivity index (χ2v) is 9.17. The highest BCUT2D eigenvalue weighted by atomic mass is 32.2. The number of carbonyl (C=O) groups is 1. The molecule has 0 heterocycles. The number of amides is 1. The molecule has 0 bridgehead atoms. The molecule has 160 valence electrons. The van der Waals surface area contributed by atoms with Crippen LogP contribution in [0.4, 0.5) is 4.79 Å². The molecule has 0 spiro atoms. The molecule has 2 rings (SSSR count). The zero-order valence-corrected chi connectivity index (χ0v) is 18.0. The van der Waals surface area contributed by atoms with Crippen LogP contribution in [0.25, 0.3) is 0 Å². The molecule has 0 saturated carbocycles. The topological polar surface area (TPSA) is 117 Å². The summed E-state index contributed by atoms with van der Waals surface area (Å²) in [5.74, 6) is 0.0498. The second kappa shape index (κ2) is 9.15. The molecule has 0 saturated heterocycles. The van der Waals surface area contributed by atoms with Crippen LogP contribution >= 0.6 is 0 Å². The van der Waals surface area contributed by atoms with E-state index in [1.54, 1.807) is 20.8 Å². The van der Waals surface area contributed by atoms with Crippen molar-refractivity contribution in [2.45, 2.75) is 37.4 Å². The zero-order valence-electron chi connectivity index (χ0n) is 17.2. The Balaban J connectivity index is 2.05. The van der Waals surface area contributed by atoms with E-state index in [1.165, 1.54) is 60.5 Å². The van der Waals surface area contributed by atoms with Gasteiger partial charge in [-0.15, -0.1) is 0 Å². The number of hydrogen-bond acceptors (Lipinski definition) is 7. The molecular formula is C21H24N2O6S. The van der Waals surface area contributed by atoms with Crippen molar-refractivity contribution < 1.29 is 27.2 Å². The summed E-state index contributed by atoms with van der Waals surface area (Å²) in [5.41, 5.74) is 0.0296. The third kappa shape index (κ3) is 6.47. The summed E-state index contributed by atoms with van der Waals surface area (Å²) in [6.45, 7) is 5.24. The van der Waals surface area contributed by atoms with E-state index in [-0.39, 0.29) is 22.8 Å². The second-order valence-electron chi connectivity index (χ2n) is 7.62. The first kappa shape index (κ1) is 23.2. The summed E-state index contributed by atoms with van der Waals surface area (Å²) in [6.07, 6.45) is -1.56. The molecule has 0 fully saturated rings. The number of aliphatic hydroxyl groups is 1. The third-order valence-electron chi connectivity index (χ3n) is 3.87. The number of nitrogens with zero attached hydrogens (tertiary/aromatic N) is 2. The minimum Gasteiger partial charge on any atom is -0.444 e. The predicted octanol–water partition coefficient (Wildman–Crippen LogP) is 3.23. The van der Waals surface area contributed by atoms with E-state index in [0.717, 1.165) is 0 Å². The standard InChI is InChI=1S/C21H24N2O6S/c1-21(2,3)28-20(25)23(4)14-19(24)16-8-10-17(11-9-16)29-30(26,27)18-7-5-6-15(12-18)13-22/h5-12,19,24H,14H2,1-4H3. The summed E-state index contributed by atoms with van der Waals surface area (Å²) in [4.78, 5) is 13.1. The first-order valence-corrected chi connectivity index (χ1v) is 10.5. The number of carbonyl (C=O) groups excluding carboxylic acids is 1. The van der Waals surface area contributed by atoms with Crippen LogP contribution in [0.15, 0.2) is 53.4 Å². The summed E-state index contributed by atoms with van der Waals surface area (Å²) >= 11 is 0. The number of hydrogen-bond donors (Lipinski definition) is 1. The van der Waals surface area contributed by atoms with Gasteiger partial charge in [-0.25, -0.2) is 4.79 Å². The van der Waals surface area contributed by atoms with Crippen LogP contribution in [0.2, 0.25) is 0 Å². The number of rotatable bonds is 6. The molecule has 8 nitrogen and oxygen atoms in total. The van der Waals surface area contributed by atoms with Crippen molar-refractivity contribution in [2.24, 2.45) is 0 Å². The molecule has 0 aromatic heterocycles. The van der Waals surface area contributed by atoms with Gasteiger partial charge in [0.2, 0.25) is 0 Å². The Hall–Kier alpha value is -3.09. The normalized spacial score (nSPS) is 12.5. The Bertz CT molecular complexity index is 1040. The largest absolute Gasteiger partial charge is 0.444 e. The van der Waals surface area contributed by atoms with E-state index < -0.39 is 27.9 Å². The van der Waals surface area contributed by atoms with Gasteiger partial charge in [-0.2, -0.15) is 13.7 Å². The number of aliphatic hydroxyl groups excluding tert-OH is 1. The smallest absolute Gasteiger partial charge is 0.410 e. The lowest BCUT2D eigenvalue weighted by atomic mass is 10.1. The number of ether oxygens (including phenoxy) is 1. The predicted molar refractivity (Wildman–Crippen MR) is 109 cm³/mol. The van der Waals surface area contributed by atoms with Gasteiger partial charge >= 0.3 is 16.2 Å². The van der Waals surface area contributed by atoms with Crippen molar-refractivity contribution in [2.75, 3.05) is 13.6 Å². The lowest BCUT2D eigenvalue weighted by molar-refractivity contribution is 0.0205. The Morgan fingerprint density at radius 3 is 2.40 bits per heavy atom. The average molecular weight is 432 g/mol. The zero-order chi connectivity index (χ0) is 22.5. The molecular weight excluding hydrogens is 408 g/mol. The number of likely N-dealkylation sites (N-methyl/N-ethyl adjacent to an activating group) is 1. The Morgan fingerprint density at radius 1 is 1.20 bits per heavy atom. The van der Waals surface area contributed by atoms with Crippen LogP contribution in [0.3, 0.4) is 0 Å². The monoisotopic (exact) mass is 432 g/mol. The van der Waals surface area contributed by atoms with Crippen LogP contribution in [-0.2, 0) is 14.9 Å². The number of benzene rings is 2. The molecule has 1 amide bonds. The third-order valence-corrected chi connectivity index (χ3v) is 5.12. The number of nitriles is 1. The Morgan fingerprint density at radius 2 is 1.83 bits per heavy atom. The van der Waals surface area contributed by atoms with E-state index in [0.29, 0.717) is 5.56 Å². The minimum atomic E-state index is -4.11. The summed E-state index contributed by atoms with van der Waals surface area (Å²) in [6, 6.07) is 13.2. The highest BCUT2D eigenvalue weighted by Crippen LogP contribution is 2.23. The molecule has 30 heavy (non-hydrogen) atoms. The van der Waals surface area contributed by atoms with E-state index in [1.807, 2.05) is 6.07 Å². The van der Waals surface area contributed by atoms with Gasteiger partial charge in [0.05, 0.1) is 24.3 Å². The van der Waals surface area contributed by atoms with Gasteiger partial charge in [0.1, 0.15) is 16.2 Å². The van der Waals surface area contributed by atoms with Gasteiger partial charge in [-0.3, -0.25) is 0 Å². The Labute approximate surface area is 176 Å². The molecule has 0 aliphatic carbocycles. The lowest BCUT2D eigenvalue weighted by Gasteiger charge is -2.26. The Kier molecular flexibility index (Phi) is 7.08. The molecule has 0 radical (unpaired) electrons. The van der Waals surface area contributed by atoms with E-state index >= 15 is 0 Å². The van der Waals surface area contributed by atoms with Gasteiger partial charge in [0, 0.05) is 7.05 Å².